The first-order chi connectivity index (χ1) is 15.4. The van der Waals surface area contributed by atoms with Crippen molar-refractivity contribution in [3.63, 3.8) is 0 Å². The highest BCUT2D eigenvalue weighted by Crippen LogP contribution is 2.35. The molecule has 0 bridgehead atoms. The first-order valence-corrected chi connectivity index (χ1v) is 11.3. The van der Waals surface area contributed by atoms with E-state index in [0.717, 1.165) is 16.7 Å². The molecule has 0 unspecified atom stereocenters. The van der Waals surface area contributed by atoms with Crippen molar-refractivity contribution in [3.05, 3.63) is 89.5 Å². The van der Waals surface area contributed by atoms with Crippen LogP contribution in [0.1, 0.15) is 16.7 Å². The number of carbonyl (C=O) groups excluding carboxylic acids is 1. The van der Waals surface area contributed by atoms with Gasteiger partial charge in [-0.25, -0.2) is 13.2 Å². The number of nitrogens with zero attached hydrogens (tertiary/aromatic N) is 1. The Morgan fingerprint density at radius 1 is 0.938 bits per heavy atom. The predicted octanol–water partition coefficient (Wildman–Crippen LogP) is 4.90. The first kappa shape index (κ1) is 21.2. The Kier molecular flexibility index (Phi) is 5.67. The second-order valence-corrected chi connectivity index (χ2v) is 8.97. The monoisotopic (exact) mass is 444 g/mol. The van der Waals surface area contributed by atoms with Crippen LogP contribution in [0.4, 0.5) is 21.9 Å². The summed E-state index contributed by atoms with van der Waals surface area (Å²) in [5.74, 6) is 0. The van der Waals surface area contributed by atoms with E-state index in [9.17, 15) is 18.5 Å². The van der Waals surface area contributed by atoms with Crippen molar-refractivity contribution in [2.45, 2.75) is 18.2 Å². The van der Waals surface area contributed by atoms with Gasteiger partial charge in [0.2, 0.25) is 0 Å². The molecule has 0 aromatic heterocycles. The lowest BCUT2D eigenvalue weighted by molar-refractivity contribution is 0.262. The fourth-order valence-corrected chi connectivity index (χ4v) is 4.68. The zero-order chi connectivity index (χ0) is 22.7. The van der Waals surface area contributed by atoms with Crippen LogP contribution in [-0.2, 0) is 16.4 Å². The molecule has 1 aliphatic carbocycles. The Labute approximate surface area is 186 Å². The number of aryl methyl sites for hydroxylation is 1. The third-order valence-electron chi connectivity index (χ3n) is 5.12. The highest BCUT2D eigenvalue weighted by Gasteiger charge is 2.23. The maximum absolute atomic E-state index is 12.9. The summed E-state index contributed by atoms with van der Waals surface area (Å²) >= 11 is 0. The highest BCUT2D eigenvalue weighted by molar-refractivity contribution is 7.92. The summed E-state index contributed by atoms with van der Waals surface area (Å²) in [7, 11) is -3.85. The van der Waals surface area contributed by atoms with Crippen molar-refractivity contribution in [1.29, 1.82) is 5.26 Å². The van der Waals surface area contributed by atoms with E-state index < -0.39 is 16.1 Å². The van der Waals surface area contributed by atoms with Crippen LogP contribution in [0.5, 0.6) is 0 Å². The van der Waals surface area contributed by atoms with Crippen molar-refractivity contribution < 1.29 is 13.2 Å². The summed E-state index contributed by atoms with van der Waals surface area (Å²) in [6.45, 7) is 1.90. The second kappa shape index (κ2) is 8.57. The van der Waals surface area contributed by atoms with E-state index in [1.807, 2.05) is 25.1 Å². The SMILES string of the molecule is Cc1ccc(NS(=O)(=O)c2ccc(NC(=O)Nc3ccccc3)cc2)c2c1C(C#N)=CC2. The Hall–Kier alpha value is -4.09. The number of urea groups is 1. The number of hydrogen-bond acceptors (Lipinski definition) is 4. The molecule has 7 nitrogen and oxygen atoms in total. The van der Waals surface area contributed by atoms with E-state index in [0.29, 0.717) is 29.1 Å². The van der Waals surface area contributed by atoms with Gasteiger partial charge in [-0.3, -0.25) is 4.72 Å². The van der Waals surface area contributed by atoms with Crippen LogP contribution in [0, 0.1) is 18.3 Å². The van der Waals surface area contributed by atoms with Gasteiger partial charge in [-0.05, 0) is 66.9 Å². The number of para-hydroxylation sites is 1. The number of nitriles is 1. The molecule has 3 N–H and O–H groups in total. The zero-order valence-electron chi connectivity index (χ0n) is 17.2. The highest BCUT2D eigenvalue weighted by atomic mass is 32.2. The predicted molar refractivity (Wildman–Crippen MR) is 125 cm³/mol. The van der Waals surface area contributed by atoms with Crippen molar-refractivity contribution in [3.8, 4) is 6.07 Å². The number of anilines is 3. The van der Waals surface area contributed by atoms with Gasteiger partial charge in [0.1, 0.15) is 0 Å². The summed E-state index contributed by atoms with van der Waals surface area (Å²) in [5, 5.41) is 14.7. The van der Waals surface area contributed by atoms with Gasteiger partial charge in [-0.2, -0.15) is 5.26 Å². The van der Waals surface area contributed by atoms with Crippen molar-refractivity contribution >= 4 is 38.7 Å². The lowest BCUT2D eigenvalue weighted by atomic mass is 9.99. The first-order valence-electron chi connectivity index (χ1n) is 9.86. The Morgan fingerprint density at radius 3 is 2.25 bits per heavy atom. The Balaban J connectivity index is 1.48. The van der Waals surface area contributed by atoms with Crippen LogP contribution in [-0.4, -0.2) is 14.4 Å². The summed E-state index contributed by atoms with van der Waals surface area (Å²) in [4.78, 5) is 12.2. The lowest BCUT2D eigenvalue weighted by Gasteiger charge is -2.14. The molecule has 0 spiro atoms. The minimum Gasteiger partial charge on any atom is -0.308 e. The number of hydrogen-bond donors (Lipinski definition) is 3. The fourth-order valence-electron chi connectivity index (χ4n) is 3.59. The minimum absolute atomic E-state index is 0.0623. The molecule has 1 aliphatic rings. The number of nitrogens with one attached hydrogen (secondary N) is 3. The molecule has 2 amide bonds. The van der Waals surface area contributed by atoms with E-state index >= 15 is 0 Å². The molecule has 4 rings (SSSR count). The number of fused-ring (bicyclic) bond motifs is 1. The maximum atomic E-state index is 12.9. The molecule has 160 valence electrons. The van der Waals surface area contributed by atoms with Crippen LogP contribution >= 0.6 is 0 Å². The third-order valence-corrected chi connectivity index (χ3v) is 6.50. The van der Waals surface area contributed by atoms with Crippen molar-refractivity contribution in [2.75, 3.05) is 15.4 Å². The summed E-state index contributed by atoms with van der Waals surface area (Å²) in [6.07, 6.45) is 2.30. The van der Waals surface area contributed by atoms with Gasteiger partial charge in [-0.1, -0.05) is 30.3 Å². The molecule has 0 saturated carbocycles. The maximum Gasteiger partial charge on any atom is 0.323 e. The minimum atomic E-state index is -3.85. The number of carbonyl (C=O) groups is 1. The molecule has 0 saturated heterocycles. The second-order valence-electron chi connectivity index (χ2n) is 7.29. The molecule has 3 aromatic rings. The number of amides is 2. The average molecular weight is 445 g/mol. The lowest BCUT2D eigenvalue weighted by Crippen LogP contribution is -2.19. The molecule has 8 heteroatoms. The Morgan fingerprint density at radius 2 is 1.59 bits per heavy atom. The van der Waals surface area contributed by atoms with Gasteiger partial charge in [0.05, 0.1) is 22.2 Å². The van der Waals surface area contributed by atoms with Gasteiger partial charge in [0.15, 0.2) is 0 Å². The van der Waals surface area contributed by atoms with Crippen LogP contribution in [0.3, 0.4) is 0 Å². The largest absolute Gasteiger partial charge is 0.323 e. The van der Waals surface area contributed by atoms with Crippen LogP contribution in [0.2, 0.25) is 0 Å². The van der Waals surface area contributed by atoms with Gasteiger partial charge < -0.3 is 10.6 Å². The number of benzene rings is 3. The van der Waals surface area contributed by atoms with Crippen LogP contribution in [0.15, 0.2) is 77.7 Å². The number of sulfonamides is 1. The van der Waals surface area contributed by atoms with E-state index in [1.54, 1.807) is 30.3 Å². The summed E-state index contributed by atoms with van der Waals surface area (Å²) < 4.78 is 28.5. The summed E-state index contributed by atoms with van der Waals surface area (Å²) in [6, 6.07) is 20.1. The molecular formula is C24H20N4O3S. The molecule has 0 aliphatic heterocycles. The molecule has 0 atom stereocenters. The number of allylic oxidation sites excluding steroid dienone is 2. The van der Waals surface area contributed by atoms with Crippen molar-refractivity contribution in [1.82, 2.24) is 0 Å². The molecule has 0 radical (unpaired) electrons. The van der Waals surface area contributed by atoms with Gasteiger partial charge in [-0.15, -0.1) is 0 Å². The van der Waals surface area contributed by atoms with E-state index in [4.69, 9.17) is 0 Å². The van der Waals surface area contributed by atoms with E-state index in [-0.39, 0.29) is 4.90 Å². The van der Waals surface area contributed by atoms with Crippen LogP contribution < -0.4 is 15.4 Å². The molecule has 32 heavy (non-hydrogen) atoms. The van der Waals surface area contributed by atoms with E-state index in [2.05, 4.69) is 21.4 Å². The van der Waals surface area contributed by atoms with Gasteiger partial charge >= 0.3 is 6.03 Å². The molecule has 0 fully saturated rings. The molecular weight excluding hydrogens is 424 g/mol. The smallest absolute Gasteiger partial charge is 0.308 e. The third kappa shape index (κ3) is 4.33. The quantitative estimate of drug-likeness (QED) is 0.519. The topological polar surface area (TPSA) is 111 Å². The standard InChI is InChI=1S/C24H20N4O3S/c1-16-7-14-22(21-13-8-17(15-25)23(16)21)28-32(30,31)20-11-9-19(10-12-20)27-24(29)26-18-5-3-2-4-6-18/h2-12,14,28H,13H2,1H3,(H2,26,27,29). The van der Waals surface area contributed by atoms with Crippen molar-refractivity contribution in [2.24, 2.45) is 0 Å². The van der Waals surface area contributed by atoms with Gasteiger partial charge in [0, 0.05) is 16.9 Å². The zero-order valence-corrected chi connectivity index (χ0v) is 18.0. The average Bonchev–Trinajstić information content (AvgIpc) is 3.22. The van der Waals surface area contributed by atoms with E-state index in [1.165, 1.54) is 24.3 Å². The number of rotatable bonds is 5. The fraction of sp³-hybridized carbons (Fsp3) is 0.0833. The summed E-state index contributed by atoms with van der Waals surface area (Å²) in [5.41, 5.74) is 4.62. The Bertz CT molecular complexity index is 1360. The van der Waals surface area contributed by atoms with Crippen LogP contribution in [0.25, 0.3) is 5.57 Å². The normalized spacial score (nSPS) is 12.3. The molecule has 3 aromatic carbocycles. The van der Waals surface area contributed by atoms with Gasteiger partial charge in [0.25, 0.3) is 10.0 Å². The molecule has 0 heterocycles.